The van der Waals surface area contributed by atoms with Gasteiger partial charge in [-0.3, -0.25) is 9.13 Å². The number of aliphatic carboxylic acids is 2. The molecule has 0 aliphatic heterocycles. The molecule has 0 rings (SSSR count). The molecule has 8 N–H and O–H groups in total. The van der Waals surface area contributed by atoms with Crippen LogP contribution >= 0.6 is 15.2 Å². The third kappa shape index (κ3) is 8.28. The molecule has 0 bridgehead atoms. The molecule has 108 valence electrons. The maximum absolute atomic E-state index is 9.84. The molecule has 0 aliphatic rings. The summed E-state index contributed by atoms with van der Waals surface area (Å²) in [5.41, 5.74) is 0. The normalized spacial score (nSPS) is 15.0. The van der Waals surface area contributed by atoms with Crippen molar-refractivity contribution >= 4 is 27.1 Å². The number of rotatable bonds is 4. The lowest BCUT2D eigenvalue weighted by Crippen LogP contribution is -2.18. The SMILES string of the molecule is O=C(O)C(O)P(=O)(O)O.O=C(O)C(O)P(=O)(O)O. The van der Waals surface area contributed by atoms with Crippen molar-refractivity contribution in [1.29, 1.82) is 0 Å². The summed E-state index contributed by atoms with van der Waals surface area (Å²) < 4.78 is 19.7. The molecule has 0 aliphatic carbocycles. The average Bonchev–Trinajstić information content (AvgIpc) is 2.13. The zero-order valence-electron chi connectivity index (χ0n) is 8.26. The molecule has 0 aromatic rings. The van der Waals surface area contributed by atoms with E-state index in [2.05, 4.69) is 0 Å². The average molecular weight is 312 g/mol. The molecule has 0 heterocycles. The van der Waals surface area contributed by atoms with Crippen LogP contribution in [0.15, 0.2) is 0 Å². The van der Waals surface area contributed by atoms with E-state index in [1.807, 2.05) is 0 Å². The van der Waals surface area contributed by atoms with Gasteiger partial charge < -0.3 is 40.0 Å². The van der Waals surface area contributed by atoms with Gasteiger partial charge in [0.1, 0.15) is 0 Å². The standard InChI is InChI=1S/2C2H5O6P/c2*3-1(4)2(5)9(6,7)8/h2*2,5H,(H,3,4)(H2,6,7,8). The molecule has 0 saturated heterocycles. The Labute approximate surface area is 98.4 Å². The van der Waals surface area contributed by atoms with Gasteiger partial charge in [-0.2, -0.15) is 0 Å². The largest absolute Gasteiger partial charge is 0.479 e. The fourth-order valence-corrected chi connectivity index (χ4v) is 0.863. The highest BCUT2D eigenvalue weighted by molar-refractivity contribution is 7.53. The summed E-state index contributed by atoms with van der Waals surface area (Å²) in [5.74, 6) is -9.05. The predicted molar refractivity (Wildman–Crippen MR) is 51.4 cm³/mol. The molecule has 14 heteroatoms. The molecule has 2 atom stereocenters. The second-order valence-electron chi connectivity index (χ2n) is 2.60. The molecule has 0 aromatic carbocycles. The molecular weight excluding hydrogens is 302 g/mol. The van der Waals surface area contributed by atoms with Crippen LogP contribution in [-0.4, -0.2) is 63.6 Å². The lowest BCUT2D eigenvalue weighted by molar-refractivity contribution is -0.144. The van der Waals surface area contributed by atoms with E-state index in [1.165, 1.54) is 0 Å². The maximum atomic E-state index is 9.84. The summed E-state index contributed by atoms with van der Waals surface area (Å²) in [5, 5.41) is 31.8. The van der Waals surface area contributed by atoms with Gasteiger partial charge in [0.05, 0.1) is 0 Å². The van der Waals surface area contributed by atoms with Gasteiger partial charge in [-0.05, 0) is 0 Å². The summed E-state index contributed by atoms with van der Waals surface area (Å²) in [6.45, 7) is 0. The van der Waals surface area contributed by atoms with Crippen molar-refractivity contribution in [2.24, 2.45) is 0 Å². The smallest absolute Gasteiger partial charge is 0.365 e. The second kappa shape index (κ2) is 6.92. The van der Waals surface area contributed by atoms with Crippen LogP contribution in [0.3, 0.4) is 0 Å². The van der Waals surface area contributed by atoms with Gasteiger partial charge in [0.15, 0.2) is 0 Å². The van der Waals surface area contributed by atoms with Gasteiger partial charge in [0.2, 0.25) is 0 Å². The monoisotopic (exact) mass is 312 g/mol. The first-order chi connectivity index (χ1) is 7.71. The van der Waals surface area contributed by atoms with Gasteiger partial charge in [-0.1, -0.05) is 0 Å². The Morgan fingerprint density at radius 2 is 0.889 bits per heavy atom. The summed E-state index contributed by atoms with van der Waals surface area (Å²) in [6, 6.07) is 0. The molecule has 0 aromatic heterocycles. The van der Waals surface area contributed by atoms with E-state index in [0.29, 0.717) is 0 Å². The zero-order chi connectivity index (χ0) is 15.3. The number of aliphatic hydroxyl groups is 2. The Balaban J connectivity index is 0. The van der Waals surface area contributed by atoms with Crippen LogP contribution in [0.5, 0.6) is 0 Å². The van der Waals surface area contributed by atoms with E-state index < -0.39 is 38.8 Å². The van der Waals surface area contributed by atoms with Crippen LogP contribution in [0.25, 0.3) is 0 Å². The molecule has 12 nitrogen and oxygen atoms in total. The third-order valence-corrected chi connectivity index (χ3v) is 2.80. The number of carboxylic acid groups (broad SMARTS) is 2. The zero-order valence-corrected chi connectivity index (χ0v) is 10.0. The quantitative estimate of drug-likeness (QED) is 0.245. The van der Waals surface area contributed by atoms with Crippen LogP contribution in [-0.2, 0) is 18.7 Å². The first kappa shape index (κ1) is 19.5. The Morgan fingerprint density at radius 3 is 0.889 bits per heavy atom. The number of hydrogen-bond acceptors (Lipinski definition) is 6. The van der Waals surface area contributed by atoms with E-state index in [9.17, 15) is 18.7 Å². The van der Waals surface area contributed by atoms with Crippen molar-refractivity contribution < 1.29 is 58.7 Å². The highest BCUT2D eigenvalue weighted by Gasteiger charge is 2.33. The minimum atomic E-state index is -4.86. The minimum Gasteiger partial charge on any atom is -0.479 e. The fourth-order valence-electron chi connectivity index (χ4n) is 0.288. The lowest BCUT2D eigenvalue weighted by Gasteiger charge is -2.05. The summed E-state index contributed by atoms with van der Waals surface area (Å²) in [7, 11) is -9.71. The number of aliphatic hydroxyl groups excluding tert-OH is 2. The van der Waals surface area contributed by atoms with Crippen LogP contribution in [0.1, 0.15) is 0 Å². The topological polar surface area (TPSA) is 230 Å². The highest BCUT2D eigenvalue weighted by Crippen LogP contribution is 2.39. The fraction of sp³-hybridized carbons (Fsp3) is 0.500. The molecule has 2 unspecified atom stereocenters. The Hall–Kier alpha value is -0.840. The van der Waals surface area contributed by atoms with Crippen molar-refractivity contribution in [3.63, 3.8) is 0 Å². The van der Waals surface area contributed by atoms with E-state index in [0.717, 1.165) is 0 Å². The van der Waals surface area contributed by atoms with Gasteiger partial charge in [0.25, 0.3) is 11.7 Å². The molecule has 0 spiro atoms. The molecule has 0 amide bonds. The van der Waals surface area contributed by atoms with E-state index in [-0.39, 0.29) is 0 Å². The van der Waals surface area contributed by atoms with Gasteiger partial charge in [-0.25, -0.2) is 9.59 Å². The first-order valence-electron chi connectivity index (χ1n) is 3.63. The van der Waals surface area contributed by atoms with Gasteiger partial charge in [0, 0.05) is 0 Å². The van der Waals surface area contributed by atoms with E-state index >= 15 is 0 Å². The minimum absolute atomic E-state index is 1.93. The number of carboxylic acids is 2. The third-order valence-electron chi connectivity index (χ3n) is 1.08. The van der Waals surface area contributed by atoms with Crippen LogP contribution in [0.4, 0.5) is 0 Å². The number of carbonyl (C=O) groups is 2. The first-order valence-corrected chi connectivity index (χ1v) is 6.99. The Kier molecular flexibility index (Phi) is 7.50. The van der Waals surface area contributed by atoms with Crippen LogP contribution < -0.4 is 0 Å². The molecule has 0 saturated carbocycles. The molecule has 0 fully saturated rings. The van der Waals surface area contributed by atoms with Crippen molar-refractivity contribution in [1.82, 2.24) is 0 Å². The van der Waals surface area contributed by atoms with Crippen molar-refractivity contribution in [2.75, 3.05) is 0 Å². The predicted octanol–water partition coefficient (Wildman–Crippen LogP) is -2.87. The summed E-state index contributed by atoms with van der Waals surface area (Å²) in [4.78, 5) is 51.0. The highest BCUT2D eigenvalue weighted by atomic mass is 31.2. The van der Waals surface area contributed by atoms with Gasteiger partial charge in [-0.15, -0.1) is 0 Å². The second-order valence-corrected chi connectivity index (χ2v) is 5.94. The van der Waals surface area contributed by atoms with Crippen LogP contribution in [0, 0.1) is 0 Å². The van der Waals surface area contributed by atoms with E-state index in [1.54, 1.807) is 0 Å². The Bertz CT molecular complexity index is 351. The van der Waals surface area contributed by atoms with Crippen LogP contribution in [0.2, 0.25) is 0 Å². The van der Waals surface area contributed by atoms with Crippen molar-refractivity contribution in [3.05, 3.63) is 0 Å². The van der Waals surface area contributed by atoms with Crippen molar-refractivity contribution in [2.45, 2.75) is 11.7 Å². The van der Waals surface area contributed by atoms with Gasteiger partial charge >= 0.3 is 27.1 Å². The van der Waals surface area contributed by atoms with E-state index in [4.69, 9.17) is 40.0 Å². The maximum Gasteiger partial charge on any atom is 0.365 e. The molecule has 18 heavy (non-hydrogen) atoms. The summed E-state index contributed by atoms with van der Waals surface area (Å²) in [6.07, 6.45) is 0. The lowest BCUT2D eigenvalue weighted by atomic mass is 10.7. The number of hydrogen-bond donors (Lipinski definition) is 8. The van der Waals surface area contributed by atoms with Crippen molar-refractivity contribution in [3.8, 4) is 0 Å². The molecular formula is C4H10O12P2. The Morgan fingerprint density at radius 1 is 0.722 bits per heavy atom. The summed E-state index contributed by atoms with van der Waals surface area (Å²) >= 11 is 0. The molecule has 0 radical (unpaired) electrons.